The Bertz CT molecular complexity index is 466. The lowest BCUT2D eigenvalue weighted by Gasteiger charge is -2.02. The van der Waals surface area contributed by atoms with E-state index in [1.807, 2.05) is 54.6 Å². The van der Waals surface area contributed by atoms with Crippen LogP contribution in [0.5, 0.6) is 0 Å². The average Bonchev–Trinajstić information content (AvgIpc) is 2.30. The van der Waals surface area contributed by atoms with Gasteiger partial charge >= 0.3 is 0 Å². The first kappa shape index (κ1) is 8.52. The van der Waals surface area contributed by atoms with E-state index >= 15 is 0 Å². The quantitative estimate of drug-likeness (QED) is 0.585. The number of benzene rings is 2. The van der Waals surface area contributed by atoms with Crippen LogP contribution in [0.15, 0.2) is 54.6 Å². The van der Waals surface area contributed by atoms with E-state index in [9.17, 15) is 0 Å². The van der Waals surface area contributed by atoms with Crippen molar-refractivity contribution in [2.75, 3.05) is 0 Å². The van der Waals surface area contributed by atoms with Gasteiger partial charge in [-0.25, -0.2) is 4.85 Å². The minimum absolute atomic E-state index is 0.707. The molecule has 0 saturated carbocycles. The fourth-order valence-corrected chi connectivity index (χ4v) is 1.43. The largest absolute Gasteiger partial charge is 0.238 e. The molecule has 0 heterocycles. The van der Waals surface area contributed by atoms with Crippen molar-refractivity contribution in [1.82, 2.24) is 0 Å². The first-order valence-electron chi connectivity index (χ1n) is 4.44. The van der Waals surface area contributed by atoms with Gasteiger partial charge < -0.3 is 0 Å². The van der Waals surface area contributed by atoms with Crippen molar-refractivity contribution in [1.29, 1.82) is 0 Å². The van der Waals surface area contributed by atoms with Crippen LogP contribution in [0.4, 0.5) is 5.69 Å². The monoisotopic (exact) mass is 179 g/mol. The molecular formula is C13H9N. The second kappa shape index (κ2) is 3.76. The third-order valence-corrected chi connectivity index (χ3v) is 2.11. The summed E-state index contributed by atoms with van der Waals surface area (Å²) in [5.74, 6) is 0. The minimum atomic E-state index is 0.707. The molecule has 66 valence electrons. The molecule has 0 saturated heterocycles. The summed E-state index contributed by atoms with van der Waals surface area (Å²) in [6.07, 6.45) is 0. The molecule has 0 aliphatic heterocycles. The number of nitrogens with zero attached hydrogens (tertiary/aromatic N) is 1. The van der Waals surface area contributed by atoms with Crippen LogP contribution in [0.1, 0.15) is 0 Å². The van der Waals surface area contributed by atoms with E-state index in [1.165, 1.54) is 0 Å². The van der Waals surface area contributed by atoms with Crippen LogP contribution in [0, 0.1) is 6.57 Å². The Hall–Kier alpha value is -2.07. The summed E-state index contributed by atoms with van der Waals surface area (Å²) in [6.45, 7) is 7.06. The van der Waals surface area contributed by atoms with Crippen molar-refractivity contribution in [3.63, 3.8) is 0 Å². The zero-order chi connectivity index (χ0) is 9.80. The topological polar surface area (TPSA) is 4.36 Å². The van der Waals surface area contributed by atoms with Crippen molar-refractivity contribution >= 4 is 5.69 Å². The van der Waals surface area contributed by atoms with Crippen LogP contribution in [0.2, 0.25) is 0 Å². The zero-order valence-corrected chi connectivity index (χ0v) is 7.64. The Morgan fingerprint density at radius 1 is 0.786 bits per heavy atom. The molecule has 0 radical (unpaired) electrons. The van der Waals surface area contributed by atoms with E-state index in [2.05, 4.69) is 4.85 Å². The van der Waals surface area contributed by atoms with Gasteiger partial charge in [0, 0.05) is 0 Å². The van der Waals surface area contributed by atoms with Gasteiger partial charge in [0.2, 0.25) is 0 Å². The lowest BCUT2D eigenvalue weighted by atomic mass is 10.0. The average molecular weight is 179 g/mol. The fraction of sp³-hybridized carbons (Fsp3) is 0. The van der Waals surface area contributed by atoms with Gasteiger partial charge in [0.25, 0.3) is 0 Å². The van der Waals surface area contributed by atoms with Crippen LogP contribution in [-0.2, 0) is 0 Å². The third-order valence-electron chi connectivity index (χ3n) is 2.11. The lowest BCUT2D eigenvalue weighted by molar-refractivity contribution is 1.63. The van der Waals surface area contributed by atoms with E-state index in [4.69, 9.17) is 6.57 Å². The van der Waals surface area contributed by atoms with Crippen molar-refractivity contribution in [3.05, 3.63) is 66.0 Å². The fourth-order valence-electron chi connectivity index (χ4n) is 1.43. The highest BCUT2D eigenvalue weighted by Crippen LogP contribution is 2.29. The zero-order valence-electron chi connectivity index (χ0n) is 7.64. The Morgan fingerprint density at radius 2 is 1.43 bits per heavy atom. The molecule has 0 unspecified atom stereocenters. The Labute approximate surface area is 83.5 Å². The summed E-state index contributed by atoms with van der Waals surface area (Å²) in [6, 6.07) is 17.6. The maximum atomic E-state index is 7.06. The Kier molecular flexibility index (Phi) is 2.29. The number of hydrogen-bond acceptors (Lipinski definition) is 0. The molecule has 2 aromatic rings. The molecule has 0 atom stereocenters. The molecule has 0 aromatic heterocycles. The van der Waals surface area contributed by atoms with Crippen molar-refractivity contribution < 1.29 is 0 Å². The van der Waals surface area contributed by atoms with E-state index in [0.29, 0.717) is 5.69 Å². The van der Waals surface area contributed by atoms with Crippen molar-refractivity contribution in [2.24, 2.45) is 0 Å². The highest BCUT2D eigenvalue weighted by Gasteiger charge is 2.01. The second-order valence-corrected chi connectivity index (χ2v) is 2.99. The summed E-state index contributed by atoms with van der Waals surface area (Å²) in [5, 5.41) is 0. The van der Waals surface area contributed by atoms with Gasteiger partial charge in [-0.05, 0) is 11.1 Å². The van der Waals surface area contributed by atoms with Crippen LogP contribution in [0.25, 0.3) is 16.0 Å². The summed E-state index contributed by atoms with van der Waals surface area (Å²) < 4.78 is 0. The Balaban J connectivity index is 2.58. The minimum Gasteiger partial charge on any atom is -0.238 e. The highest BCUT2D eigenvalue weighted by molar-refractivity contribution is 5.78. The molecule has 1 nitrogen and oxygen atoms in total. The molecule has 14 heavy (non-hydrogen) atoms. The first-order chi connectivity index (χ1) is 6.92. The first-order valence-corrected chi connectivity index (χ1v) is 4.44. The maximum Gasteiger partial charge on any atom is 0.194 e. The molecule has 2 rings (SSSR count). The predicted molar refractivity (Wildman–Crippen MR) is 58.1 cm³/mol. The van der Waals surface area contributed by atoms with Gasteiger partial charge in [-0.2, -0.15) is 0 Å². The summed E-state index contributed by atoms with van der Waals surface area (Å²) >= 11 is 0. The van der Waals surface area contributed by atoms with Crippen molar-refractivity contribution in [2.45, 2.75) is 0 Å². The maximum absolute atomic E-state index is 7.06. The molecule has 0 aliphatic rings. The smallest absolute Gasteiger partial charge is 0.194 e. The summed E-state index contributed by atoms with van der Waals surface area (Å²) in [7, 11) is 0. The second-order valence-electron chi connectivity index (χ2n) is 2.99. The molecule has 2 aromatic carbocycles. The van der Waals surface area contributed by atoms with Gasteiger partial charge in [0.15, 0.2) is 5.69 Å². The third kappa shape index (κ3) is 1.51. The van der Waals surface area contributed by atoms with E-state index in [1.54, 1.807) is 0 Å². The molecule has 0 amide bonds. The highest BCUT2D eigenvalue weighted by atomic mass is 14.6. The molecular weight excluding hydrogens is 170 g/mol. The number of para-hydroxylation sites is 1. The van der Waals surface area contributed by atoms with Gasteiger partial charge in [-0.15, -0.1) is 0 Å². The lowest BCUT2D eigenvalue weighted by Crippen LogP contribution is -1.75. The molecule has 0 bridgehead atoms. The summed E-state index contributed by atoms with van der Waals surface area (Å²) in [5.41, 5.74) is 2.81. The number of rotatable bonds is 1. The molecule has 0 aliphatic carbocycles. The SMILES string of the molecule is [C-]#[N+]c1ccccc1-c1ccccc1. The van der Waals surface area contributed by atoms with Crippen LogP contribution < -0.4 is 0 Å². The van der Waals surface area contributed by atoms with Gasteiger partial charge in [0.1, 0.15) is 0 Å². The van der Waals surface area contributed by atoms with Gasteiger partial charge in [0.05, 0.1) is 6.57 Å². The van der Waals surface area contributed by atoms with Crippen LogP contribution in [0.3, 0.4) is 0 Å². The molecule has 1 heteroatoms. The normalized spacial score (nSPS) is 9.36. The van der Waals surface area contributed by atoms with Gasteiger partial charge in [-0.3, -0.25) is 0 Å². The van der Waals surface area contributed by atoms with E-state index < -0.39 is 0 Å². The molecule has 0 spiro atoms. The summed E-state index contributed by atoms with van der Waals surface area (Å²) in [4.78, 5) is 3.50. The predicted octanol–water partition coefficient (Wildman–Crippen LogP) is 3.90. The van der Waals surface area contributed by atoms with Crippen molar-refractivity contribution in [3.8, 4) is 11.1 Å². The van der Waals surface area contributed by atoms with E-state index in [0.717, 1.165) is 11.1 Å². The Morgan fingerprint density at radius 3 is 2.14 bits per heavy atom. The van der Waals surface area contributed by atoms with Gasteiger partial charge in [-0.1, -0.05) is 54.6 Å². The standard InChI is InChI=1S/C13H9N/c1-14-13-10-6-5-9-12(13)11-7-3-2-4-8-11/h2-10H. The number of hydrogen-bond donors (Lipinski definition) is 0. The van der Waals surface area contributed by atoms with E-state index in [-0.39, 0.29) is 0 Å². The van der Waals surface area contributed by atoms with Crippen LogP contribution >= 0.6 is 0 Å². The van der Waals surface area contributed by atoms with Crippen LogP contribution in [-0.4, -0.2) is 0 Å². The molecule has 0 N–H and O–H groups in total. The molecule has 0 fully saturated rings.